The topological polar surface area (TPSA) is 82.9 Å². The number of nitrogens with zero attached hydrogens (tertiary/aromatic N) is 2. The summed E-state index contributed by atoms with van der Waals surface area (Å²) in [6.07, 6.45) is 1.46. The highest BCUT2D eigenvalue weighted by atomic mass is 35.5. The predicted molar refractivity (Wildman–Crippen MR) is 124 cm³/mol. The van der Waals surface area contributed by atoms with E-state index in [-0.39, 0.29) is 27.9 Å². The Balaban J connectivity index is 1.46. The zero-order valence-electron chi connectivity index (χ0n) is 17.0. The van der Waals surface area contributed by atoms with Crippen LogP contribution in [-0.2, 0) is 16.6 Å². The number of piperazine rings is 1. The highest BCUT2D eigenvalue weighted by Gasteiger charge is 2.26. The lowest BCUT2D eigenvalue weighted by Crippen LogP contribution is -2.48. The van der Waals surface area contributed by atoms with Gasteiger partial charge in [-0.1, -0.05) is 35.3 Å². The van der Waals surface area contributed by atoms with Crippen molar-refractivity contribution in [1.82, 2.24) is 9.62 Å². The van der Waals surface area contributed by atoms with Gasteiger partial charge in [-0.3, -0.25) is 4.79 Å². The van der Waals surface area contributed by atoms with E-state index in [1.165, 1.54) is 24.5 Å². The molecule has 0 unspecified atom stereocenters. The number of sulfonamides is 1. The molecular weight excluding hydrogens is 473 g/mol. The molecule has 168 valence electrons. The first-order valence-electron chi connectivity index (χ1n) is 9.95. The van der Waals surface area contributed by atoms with Gasteiger partial charge < -0.3 is 14.2 Å². The van der Waals surface area contributed by atoms with Crippen molar-refractivity contribution in [3.05, 3.63) is 82.2 Å². The van der Waals surface area contributed by atoms with Gasteiger partial charge in [0.2, 0.25) is 10.0 Å². The first-order valence-corrected chi connectivity index (χ1v) is 12.2. The van der Waals surface area contributed by atoms with Crippen LogP contribution < -0.4 is 9.62 Å². The number of anilines is 1. The summed E-state index contributed by atoms with van der Waals surface area (Å²) in [4.78, 5) is 16.7. The van der Waals surface area contributed by atoms with E-state index in [0.717, 1.165) is 5.69 Å². The van der Waals surface area contributed by atoms with Crippen LogP contribution in [0.25, 0.3) is 0 Å². The molecule has 2 aromatic carbocycles. The van der Waals surface area contributed by atoms with Crippen LogP contribution in [0.2, 0.25) is 10.0 Å². The largest absolute Gasteiger partial charge is 0.468 e. The van der Waals surface area contributed by atoms with E-state index in [4.69, 9.17) is 27.6 Å². The number of hydrogen-bond acceptors (Lipinski definition) is 5. The predicted octanol–water partition coefficient (Wildman–Crippen LogP) is 4.03. The molecule has 2 heterocycles. The normalized spacial score (nSPS) is 14.6. The maximum Gasteiger partial charge on any atom is 0.254 e. The number of carbonyl (C=O) groups excluding carboxylic acids is 1. The number of benzene rings is 2. The Morgan fingerprint density at radius 1 is 0.969 bits per heavy atom. The molecule has 1 amide bonds. The molecule has 1 fully saturated rings. The quantitative estimate of drug-likeness (QED) is 0.560. The molecule has 0 radical (unpaired) electrons. The van der Waals surface area contributed by atoms with Crippen LogP contribution in [0.5, 0.6) is 0 Å². The number of amides is 1. The zero-order valence-corrected chi connectivity index (χ0v) is 19.3. The van der Waals surface area contributed by atoms with Gasteiger partial charge in [-0.15, -0.1) is 0 Å². The minimum absolute atomic E-state index is 0.0200. The number of halogens is 2. The van der Waals surface area contributed by atoms with Crippen molar-refractivity contribution in [2.24, 2.45) is 0 Å². The van der Waals surface area contributed by atoms with Crippen LogP contribution in [0.15, 0.2) is 70.2 Å². The second-order valence-corrected chi connectivity index (χ2v) is 9.83. The van der Waals surface area contributed by atoms with E-state index in [1.54, 1.807) is 17.0 Å². The third-order valence-electron chi connectivity index (χ3n) is 5.24. The average molecular weight is 494 g/mol. The summed E-state index contributed by atoms with van der Waals surface area (Å²) in [6, 6.07) is 15.2. The van der Waals surface area contributed by atoms with E-state index in [0.29, 0.717) is 37.0 Å². The molecule has 3 aromatic rings. The van der Waals surface area contributed by atoms with Crippen LogP contribution in [-0.4, -0.2) is 45.4 Å². The summed E-state index contributed by atoms with van der Waals surface area (Å²) in [5.41, 5.74) is 1.20. The highest BCUT2D eigenvalue weighted by Crippen LogP contribution is 2.27. The van der Waals surface area contributed by atoms with Crippen LogP contribution in [0, 0.1) is 0 Å². The second-order valence-electron chi connectivity index (χ2n) is 7.28. The molecule has 0 bridgehead atoms. The number of rotatable bonds is 6. The molecule has 0 spiro atoms. The summed E-state index contributed by atoms with van der Waals surface area (Å²) in [7, 11) is -3.94. The summed E-state index contributed by atoms with van der Waals surface area (Å²) in [5.74, 6) is 0.219. The lowest BCUT2D eigenvalue weighted by Gasteiger charge is -2.36. The van der Waals surface area contributed by atoms with Crippen molar-refractivity contribution in [3.8, 4) is 0 Å². The summed E-state index contributed by atoms with van der Waals surface area (Å²) >= 11 is 12.4. The maximum absolute atomic E-state index is 13.1. The molecule has 1 aliphatic heterocycles. The smallest absolute Gasteiger partial charge is 0.254 e. The molecule has 10 heteroatoms. The minimum atomic E-state index is -3.94. The van der Waals surface area contributed by atoms with Crippen LogP contribution in [0.4, 0.5) is 5.69 Å². The molecular formula is C22H21Cl2N3O4S. The summed E-state index contributed by atoms with van der Waals surface area (Å²) in [6.45, 7) is 2.21. The van der Waals surface area contributed by atoms with E-state index < -0.39 is 10.0 Å². The summed E-state index contributed by atoms with van der Waals surface area (Å²) in [5, 5.41) is 0.707. The van der Waals surface area contributed by atoms with Crippen molar-refractivity contribution in [2.45, 2.75) is 11.4 Å². The van der Waals surface area contributed by atoms with Gasteiger partial charge in [-0.2, -0.15) is 0 Å². The fraction of sp³-hybridized carbons (Fsp3) is 0.227. The van der Waals surface area contributed by atoms with Gasteiger partial charge in [0.1, 0.15) is 10.7 Å². The van der Waals surface area contributed by atoms with Crippen LogP contribution in [0.3, 0.4) is 0 Å². The molecule has 0 saturated carbocycles. The molecule has 1 saturated heterocycles. The summed E-state index contributed by atoms with van der Waals surface area (Å²) < 4.78 is 33.1. The average Bonchev–Trinajstić information content (AvgIpc) is 3.32. The standard InChI is InChI=1S/C22H21Cl2N3O4S/c23-18-5-1-2-6-20(18)26-9-11-27(12-10-26)22(28)16-7-8-19(24)21(14-16)32(29,30)25-15-17-4-3-13-31-17/h1-8,13-14,25H,9-12,15H2. The molecule has 4 rings (SSSR count). The Morgan fingerprint density at radius 3 is 2.41 bits per heavy atom. The fourth-order valence-corrected chi connectivity index (χ4v) is 5.31. The number of nitrogens with one attached hydrogen (secondary N) is 1. The molecule has 1 N–H and O–H groups in total. The molecule has 32 heavy (non-hydrogen) atoms. The third kappa shape index (κ3) is 4.94. The molecule has 1 aromatic heterocycles. The van der Waals surface area contributed by atoms with E-state index in [2.05, 4.69) is 9.62 Å². The van der Waals surface area contributed by atoms with Gasteiger partial charge in [0, 0.05) is 31.7 Å². The Kier molecular flexibility index (Phi) is 6.76. The van der Waals surface area contributed by atoms with E-state index >= 15 is 0 Å². The van der Waals surface area contributed by atoms with Crippen LogP contribution >= 0.6 is 23.2 Å². The van der Waals surface area contributed by atoms with E-state index in [9.17, 15) is 13.2 Å². The number of carbonyl (C=O) groups is 1. The zero-order chi connectivity index (χ0) is 22.7. The molecule has 0 aliphatic carbocycles. The molecule has 1 aliphatic rings. The first kappa shape index (κ1) is 22.7. The fourth-order valence-electron chi connectivity index (χ4n) is 3.54. The van der Waals surface area contributed by atoms with Gasteiger partial charge in [-0.05, 0) is 42.5 Å². The Labute approximate surface area is 196 Å². The Morgan fingerprint density at radius 2 is 1.72 bits per heavy atom. The monoisotopic (exact) mass is 493 g/mol. The lowest BCUT2D eigenvalue weighted by molar-refractivity contribution is 0.0746. The molecule has 7 nitrogen and oxygen atoms in total. The van der Waals surface area contributed by atoms with Crippen molar-refractivity contribution in [1.29, 1.82) is 0 Å². The van der Waals surface area contributed by atoms with Gasteiger partial charge in [0.15, 0.2) is 0 Å². The maximum atomic E-state index is 13.1. The highest BCUT2D eigenvalue weighted by molar-refractivity contribution is 7.89. The van der Waals surface area contributed by atoms with Crippen molar-refractivity contribution < 1.29 is 17.6 Å². The Bertz CT molecular complexity index is 1210. The molecule has 0 atom stereocenters. The van der Waals surface area contributed by atoms with Gasteiger partial charge in [0.05, 0.1) is 28.5 Å². The lowest BCUT2D eigenvalue weighted by atomic mass is 10.1. The van der Waals surface area contributed by atoms with Gasteiger partial charge in [0.25, 0.3) is 5.91 Å². The van der Waals surface area contributed by atoms with Gasteiger partial charge >= 0.3 is 0 Å². The third-order valence-corrected chi connectivity index (χ3v) is 7.45. The second kappa shape index (κ2) is 9.54. The number of furan rings is 1. The first-order chi connectivity index (χ1) is 15.3. The number of para-hydroxylation sites is 1. The van der Waals surface area contributed by atoms with Crippen molar-refractivity contribution in [2.75, 3.05) is 31.1 Å². The van der Waals surface area contributed by atoms with Crippen LogP contribution in [0.1, 0.15) is 16.1 Å². The van der Waals surface area contributed by atoms with E-state index in [1.807, 2.05) is 24.3 Å². The number of hydrogen-bond donors (Lipinski definition) is 1. The minimum Gasteiger partial charge on any atom is -0.468 e. The van der Waals surface area contributed by atoms with Crippen molar-refractivity contribution >= 4 is 44.8 Å². The van der Waals surface area contributed by atoms with Crippen molar-refractivity contribution in [3.63, 3.8) is 0 Å². The SMILES string of the molecule is O=C(c1ccc(Cl)c(S(=O)(=O)NCc2ccco2)c1)N1CCN(c2ccccc2Cl)CC1. The Hall–Kier alpha value is -2.52. The van der Waals surface area contributed by atoms with Gasteiger partial charge in [-0.25, -0.2) is 13.1 Å².